The molecule has 6 rings (SSSR count). The molecule has 2 aromatic rings. The Bertz CT molecular complexity index is 1540. The Kier molecular flexibility index (Phi) is 5.92. The van der Waals surface area contributed by atoms with Gasteiger partial charge < -0.3 is 15.6 Å². The Morgan fingerprint density at radius 1 is 1.07 bits per heavy atom. The number of nitrogens with two attached hydrogens (primary N) is 1. The third kappa shape index (κ3) is 3.36. The van der Waals surface area contributed by atoms with Gasteiger partial charge in [-0.1, -0.05) is 29.8 Å². The van der Waals surface area contributed by atoms with E-state index in [9.17, 15) is 29.1 Å². The molecule has 2 saturated heterocycles. The van der Waals surface area contributed by atoms with Gasteiger partial charge in [0.25, 0.3) is 0 Å². The maximum Gasteiger partial charge on any atom is 0.328 e. The zero-order valence-electron chi connectivity index (χ0n) is 21.7. The van der Waals surface area contributed by atoms with E-state index >= 15 is 0 Å². The summed E-state index contributed by atoms with van der Waals surface area (Å²) in [7, 11) is 1.41. The molecule has 2 aromatic carbocycles. The Balaban J connectivity index is 1.56. The number of imide groups is 4. The number of carbonyl (C=O) groups is 5. The molecule has 2 aliphatic carbocycles. The predicted octanol–water partition coefficient (Wildman–Crippen LogP) is 3.47. The van der Waals surface area contributed by atoms with Crippen LogP contribution in [0.3, 0.4) is 0 Å². The first-order chi connectivity index (χ1) is 19.0. The minimum Gasteiger partial charge on any atom is -0.503 e. The Labute approximate surface area is 237 Å². The SMILES string of the molecule is COc1cc([C@H]2C3=CC[C@@H]4C(=O)N(C(N)=O)C(=O)[C@@H]4[C@@H]3C[C@H]3C(=O)N(c4ccccc4)C(=O)[C@@]23C)cc(Br)c1O. The number of ether oxygens (including phenoxy) is 1. The monoisotopic (exact) mass is 607 g/mol. The lowest BCUT2D eigenvalue weighted by Crippen LogP contribution is -2.49. The number of anilines is 1. The van der Waals surface area contributed by atoms with Crippen LogP contribution >= 0.6 is 15.9 Å². The standard InChI is InChI=1S/C29H26BrN3O7/c1-29-18(25(36)32(27(29)38)14-6-4-3-5-7-14)12-17-15(22(29)13-10-19(30)23(34)20(11-13)40-2)8-9-16-21(17)26(37)33(24(16)35)28(31)39/h3-8,10-11,16-18,21-22,34H,9,12H2,1-2H3,(H2,31,39)/t16-,17+,18-,21-,22-,29+/m0/s1. The van der Waals surface area contributed by atoms with Gasteiger partial charge >= 0.3 is 6.03 Å². The van der Waals surface area contributed by atoms with Crippen molar-refractivity contribution < 1.29 is 33.8 Å². The summed E-state index contributed by atoms with van der Waals surface area (Å²) in [6, 6.07) is 10.8. The molecule has 1 saturated carbocycles. The molecule has 10 nitrogen and oxygen atoms in total. The highest BCUT2D eigenvalue weighted by Crippen LogP contribution is 2.64. The van der Waals surface area contributed by atoms with Crippen LogP contribution in [0.1, 0.15) is 31.2 Å². The van der Waals surface area contributed by atoms with Gasteiger partial charge in [0.05, 0.1) is 40.4 Å². The van der Waals surface area contributed by atoms with Crippen LogP contribution in [0.25, 0.3) is 0 Å². The minimum absolute atomic E-state index is 0.119. The Hall–Kier alpha value is -3.99. The van der Waals surface area contributed by atoms with Crippen molar-refractivity contribution in [2.45, 2.75) is 25.7 Å². The number of rotatable bonds is 3. The normalized spacial score (nSPS) is 31.1. The molecule has 0 spiro atoms. The number of carbonyl (C=O) groups excluding carboxylic acids is 5. The largest absolute Gasteiger partial charge is 0.503 e. The van der Waals surface area contributed by atoms with Crippen molar-refractivity contribution in [1.82, 2.24) is 4.90 Å². The van der Waals surface area contributed by atoms with E-state index in [1.807, 2.05) is 6.08 Å². The lowest BCUT2D eigenvalue weighted by molar-refractivity contribution is -0.136. The average Bonchev–Trinajstić information content (AvgIpc) is 3.30. The summed E-state index contributed by atoms with van der Waals surface area (Å²) in [6.07, 6.45) is 2.20. The lowest BCUT2D eigenvalue weighted by Gasteiger charge is -2.49. The molecule has 0 radical (unpaired) electrons. The molecule has 11 heteroatoms. The summed E-state index contributed by atoms with van der Waals surface area (Å²) in [6.45, 7) is 1.76. The van der Waals surface area contributed by atoms with Crippen molar-refractivity contribution in [1.29, 1.82) is 0 Å². The maximum absolute atomic E-state index is 14.3. The van der Waals surface area contributed by atoms with Gasteiger partial charge in [-0.3, -0.25) is 19.2 Å². The van der Waals surface area contributed by atoms with Crippen LogP contribution in [0.15, 0.2) is 58.6 Å². The Morgan fingerprint density at radius 2 is 1.77 bits per heavy atom. The number of primary amides is 1. The third-order valence-corrected chi connectivity index (χ3v) is 9.72. The van der Waals surface area contributed by atoms with E-state index in [0.717, 1.165) is 5.57 Å². The number of urea groups is 1. The summed E-state index contributed by atoms with van der Waals surface area (Å²) in [4.78, 5) is 68.6. The van der Waals surface area contributed by atoms with E-state index in [1.165, 1.54) is 12.0 Å². The van der Waals surface area contributed by atoms with E-state index in [-0.39, 0.29) is 30.2 Å². The third-order valence-electron chi connectivity index (χ3n) is 9.11. The van der Waals surface area contributed by atoms with Gasteiger partial charge in [-0.05, 0) is 71.4 Å². The van der Waals surface area contributed by atoms with Gasteiger partial charge in [0.1, 0.15) is 0 Å². The van der Waals surface area contributed by atoms with E-state index in [1.54, 1.807) is 49.4 Å². The molecule has 40 heavy (non-hydrogen) atoms. The molecule has 2 aliphatic heterocycles. The predicted molar refractivity (Wildman–Crippen MR) is 145 cm³/mol. The fourth-order valence-electron chi connectivity index (χ4n) is 7.35. The lowest BCUT2D eigenvalue weighted by atomic mass is 9.51. The molecule has 4 aliphatic rings. The number of para-hydroxylation sites is 1. The number of methoxy groups -OCH3 is 1. The van der Waals surface area contributed by atoms with Crippen LogP contribution < -0.4 is 15.4 Å². The van der Waals surface area contributed by atoms with Gasteiger partial charge in [0, 0.05) is 5.92 Å². The number of fused-ring (bicyclic) bond motifs is 4. The molecular formula is C29H26BrN3O7. The molecule has 0 unspecified atom stereocenters. The van der Waals surface area contributed by atoms with Crippen molar-refractivity contribution in [3.05, 3.63) is 64.1 Å². The highest BCUT2D eigenvalue weighted by Gasteiger charge is 2.68. The number of phenolic OH excluding ortho intramolecular Hbond substituents is 1. The second kappa shape index (κ2) is 9.02. The number of hydrogen-bond donors (Lipinski definition) is 2. The molecule has 0 aromatic heterocycles. The number of nitrogens with zero attached hydrogens (tertiary/aromatic N) is 2. The van der Waals surface area contributed by atoms with E-state index in [4.69, 9.17) is 10.5 Å². The highest BCUT2D eigenvalue weighted by atomic mass is 79.9. The first-order valence-corrected chi connectivity index (χ1v) is 13.7. The number of halogens is 1. The molecule has 0 bridgehead atoms. The summed E-state index contributed by atoms with van der Waals surface area (Å²) in [5, 5.41) is 10.5. The van der Waals surface area contributed by atoms with Crippen LogP contribution in [-0.2, 0) is 19.2 Å². The highest BCUT2D eigenvalue weighted by molar-refractivity contribution is 9.10. The van der Waals surface area contributed by atoms with Crippen LogP contribution in [0.2, 0.25) is 0 Å². The summed E-state index contributed by atoms with van der Waals surface area (Å²) >= 11 is 3.38. The summed E-state index contributed by atoms with van der Waals surface area (Å²) in [5.41, 5.74) is 5.92. The molecule has 206 valence electrons. The summed E-state index contributed by atoms with van der Waals surface area (Å²) < 4.78 is 5.73. The first kappa shape index (κ1) is 26.2. The molecule has 6 atom stereocenters. The van der Waals surface area contributed by atoms with Crippen molar-refractivity contribution in [2.75, 3.05) is 12.0 Å². The quantitative estimate of drug-likeness (QED) is 0.401. The number of aromatic hydroxyl groups is 1. The number of allylic oxidation sites excluding steroid dienone is 2. The van der Waals surface area contributed by atoms with Gasteiger partial charge in [-0.2, -0.15) is 4.90 Å². The molecule has 3 fully saturated rings. The average molecular weight is 608 g/mol. The number of amides is 6. The second-order valence-corrected chi connectivity index (χ2v) is 11.8. The van der Waals surface area contributed by atoms with Gasteiger partial charge in [0.15, 0.2) is 11.5 Å². The number of phenols is 1. The smallest absolute Gasteiger partial charge is 0.328 e. The van der Waals surface area contributed by atoms with Gasteiger partial charge in [-0.15, -0.1) is 0 Å². The fraction of sp³-hybridized carbons (Fsp3) is 0.345. The van der Waals surface area contributed by atoms with Crippen molar-refractivity contribution in [3.63, 3.8) is 0 Å². The molecule has 6 amide bonds. The van der Waals surface area contributed by atoms with E-state index in [0.29, 0.717) is 20.6 Å². The molecular weight excluding hydrogens is 582 g/mol. The zero-order valence-corrected chi connectivity index (χ0v) is 23.3. The first-order valence-electron chi connectivity index (χ1n) is 12.9. The van der Waals surface area contributed by atoms with E-state index in [2.05, 4.69) is 15.9 Å². The second-order valence-electron chi connectivity index (χ2n) is 10.9. The number of likely N-dealkylation sites (tertiary alicyclic amines) is 1. The fourth-order valence-corrected chi connectivity index (χ4v) is 7.81. The van der Waals surface area contributed by atoms with Crippen LogP contribution in [-0.4, -0.2) is 46.8 Å². The number of benzene rings is 2. The maximum atomic E-state index is 14.3. The molecule has 2 heterocycles. The topological polar surface area (TPSA) is 147 Å². The van der Waals surface area contributed by atoms with Crippen molar-refractivity contribution >= 4 is 51.3 Å². The van der Waals surface area contributed by atoms with Gasteiger partial charge in [0.2, 0.25) is 23.6 Å². The summed E-state index contributed by atoms with van der Waals surface area (Å²) in [5.74, 6) is -5.81. The molecule has 3 N–H and O–H groups in total. The van der Waals surface area contributed by atoms with Crippen LogP contribution in [0.5, 0.6) is 11.5 Å². The zero-order chi connectivity index (χ0) is 28.7. The van der Waals surface area contributed by atoms with Crippen LogP contribution in [0, 0.1) is 29.1 Å². The van der Waals surface area contributed by atoms with Crippen molar-refractivity contribution in [2.24, 2.45) is 34.8 Å². The Morgan fingerprint density at radius 3 is 2.42 bits per heavy atom. The van der Waals surface area contributed by atoms with E-state index < -0.39 is 58.8 Å². The van der Waals surface area contributed by atoms with Crippen LogP contribution in [0.4, 0.5) is 10.5 Å². The van der Waals surface area contributed by atoms with Crippen molar-refractivity contribution in [3.8, 4) is 11.5 Å². The number of hydrogen-bond acceptors (Lipinski definition) is 7. The van der Waals surface area contributed by atoms with Gasteiger partial charge in [-0.25, -0.2) is 9.69 Å². The minimum atomic E-state index is -1.25.